The van der Waals surface area contributed by atoms with Gasteiger partial charge in [-0.15, -0.1) is 11.3 Å². The molecule has 0 saturated carbocycles. The highest BCUT2D eigenvalue weighted by Crippen LogP contribution is 2.53. The van der Waals surface area contributed by atoms with Gasteiger partial charge in [0.15, 0.2) is 0 Å². The zero-order chi connectivity index (χ0) is 43.0. The van der Waals surface area contributed by atoms with Crippen molar-refractivity contribution >= 4 is 65.3 Å². The number of ether oxygens (including phenoxy) is 1. The second kappa shape index (κ2) is 15.0. The Kier molecular flexibility index (Phi) is 9.25. The van der Waals surface area contributed by atoms with Crippen LogP contribution in [0.1, 0.15) is 43.0 Å². The van der Waals surface area contributed by atoms with Crippen molar-refractivity contribution in [2.75, 3.05) is 16.5 Å². The van der Waals surface area contributed by atoms with E-state index in [-0.39, 0.29) is 5.41 Å². The molecule has 4 heterocycles. The van der Waals surface area contributed by atoms with Crippen LogP contribution < -0.4 is 14.5 Å². The third kappa shape index (κ3) is 6.47. The smallest absolute Gasteiger partial charge is 0.137 e. The first-order chi connectivity index (χ1) is 30.6. The summed E-state index contributed by atoms with van der Waals surface area (Å²) in [7, 11) is 0. The molecular weight excluding hydrogens is 789 g/mol. The van der Waals surface area contributed by atoms with Gasteiger partial charge in [0, 0.05) is 50.6 Å². The number of thiophene rings is 1. The van der Waals surface area contributed by atoms with Gasteiger partial charge in [0.1, 0.15) is 24.0 Å². The quantitative estimate of drug-likeness (QED) is 0.160. The molecule has 0 saturated heterocycles. The Morgan fingerprint density at radius 1 is 0.571 bits per heavy atom. The third-order valence-electron chi connectivity index (χ3n) is 12.9. The molecule has 308 valence electrons. The van der Waals surface area contributed by atoms with Crippen molar-refractivity contribution < 1.29 is 4.74 Å². The summed E-state index contributed by atoms with van der Waals surface area (Å²) in [4.78, 5) is 9.91. The van der Waals surface area contributed by atoms with Gasteiger partial charge in [-0.2, -0.15) is 0 Å². The number of fused-ring (bicyclic) bond motifs is 6. The Hall–Kier alpha value is -7.15. The van der Waals surface area contributed by atoms with Crippen molar-refractivity contribution in [3.05, 3.63) is 192 Å². The Morgan fingerprint density at radius 2 is 1.21 bits per heavy atom. The number of hydrogen-bond donors (Lipinski definition) is 0. The fraction of sp³-hybridized carbons (Fsp3) is 0.140. The minimum Gasteiger partial charge on any atom is -0.457 e. The third-order valence-corrected chi connectivity index (χ3v) is 14.1. The standard InChI is InChI=1S/C57H48N4OS/c1-36-37(2)52(39-18-9-7-10-19-39)55(53(38(36)3)40-20-11-8-12-21-40)60-35-59(47-25-14-15-26-48(47)60)42-22-17-23-43(33-42)62-44-28-29-45-49(34-44)61(51-32-41(30-31-58-51)57(4,5)6)54-46-24-13-16-27-50(46)63-56(45)54/h7-34H,35H2,1-6H3. The van der Waals surface area contributed by atoms with Crippen LogP contribution in [-0.4, -0.2) is 16.2 Å². The van der Waals surface area contributed by atoms with Crippen LogP contribution in [0.25, 0.3) is 59.3 Å². The van der Waals surface area contributed by atoms with Gasteiger partial charge in [0.2, 0.25) is 0 Å². The summed E-state index contributed by atoms with van der Waals surface area (Å²) in [5.41, 5.74) is 17.0. The molecule has 0 bridgehead atoms. The lowest BCUT2D eigenvalue weighted by molar-refractivity contribution is 0.483. The number of nitrogens with zero attached hydrogens (tertiary/aromatic N) is 4. The predicted molar refractivity (Wildman–Crippen MR) is 266 cm³/mol. The van der Waals surface area contributed by atoms with E-state index in [2.05, 4.69) is 220 Å². The normalized spacial score (nSPS) is 12.8. The van der Waals surface area contributed by atoms with Gasteiger partial charge in [-0.3, -0.25) is 4.57 Å². The average Bonchev–Trinajstić information content (AvgIpc) is 3.98. The van der Waals surface area contributed by atoms with Crippen LogP contribution >= 0.6 is 11.3 Å². The maximum atomic E-state index is 6.84. The molecule has 0 radical (unpaired) electrons. The summed E-state index contributed by atoms with van der Waals surface area (Å²) in [5.74, 6) is 2.46. The van der Waals surface area contributed by atoms with Crippen LogP contribution in [-0.2, 0) is 5.41 Å². The van der Waals surface area contributed by atoms with E-state index in [4.69, 9.17) is 9.72 Å². The molecule has 11 rings (SSSR count). The maximum absolute atomic E-state index is 6.84. The minimum absolute atomic E-state index is 0.0188. The predicted octanol–water partition coefficient (Wildman–Crippen LogP) is 16.0. The van der Waals surface area contributed by atoms with Gasteiger partial charge >= 0.3 is 0 Å². The van der Waals surface area contributed by atoms with Gasteiger partial charge in [-0.1, -0.05) is 118 Å². The molecule has 0 aliphatic carbocycles. The number of pyridine rings is 1. The van der Waals surface area contributed by atoms with Crippen LogP contribution in [0, 0.1) is 20.8 Å². The van der Waals surface area contributed by atoms with E-state index in [1.165, 1.54) is 81.6 Å². The average molecular weight is 837 g/mol. The molecule has 0 spiro atoms. The van der Waals surface area contributed by atoms with Crippen molar-refractivity contribution in [2.45, 2.75) is 47.0 Å². The van der Waals surface area contributed by atoms with E-state index in [0.29, 0.717) is 6.67 Å². The summed E-state index contributed by atoms with van der Waals surface area (Å²) < 4.78 is 11.7. The largest absolute Gasteiger partial charge is 0.457 e. The molecule has 0 amide bonds. The Morgan fingerprint density at radius 3 is 1.90 bits per heavy atom. The van der Waals surface area contributed by atoms with E-state index in [0.717, 1.165) is 34.2 Å². The molecule has 0 N–H and O–H groups in total. The zero-order valence-electron chi connectivity index (χ0n) is 36.5. The number of hydrogen-bond acceptors (Lipinski definition) is 5. The molecular formula is C57H48N4OS. The molecule has 6 heteroatoms. The molecule has 1 aliphatic rings. The van der Waals surface area contributed by atoms with E-state index < -0.39 is 0 Å². The number of para-hydroxylation sites is 2. The number of aromatic nitrogens is 2. The van der Waals surface area contributed by atoms with Gasteiger partial charge in [-0.25, -0.2) is 4.98 Å². The maximum Gasteiger partial charge on any atom is 0.137 e. The van der Waals surface area contributed by atoms with Crippen molar-refractivity contribution in [2.24, 2.45) is 0 Å². The molecule has 0 unspecified atom stereocenters. The minimum atomic E-state index is -0.0188. The van der Waals surface area contributed by atoms with Crippen LogP contribution in [0.2, 0.25) is 0 Å². The first-order valence-electron chi connectivity index (χ1n) is 21.7. The van der Waals surface area contributed by atoms with Crippen LogP contribution in [0.15, 0.2) is 170 Å². The second-order valence-corrected chi connectivity index (χ2v) is 18.8. The van der Waals surface area contributed by atoms with Crippen LogP contribution in [0.4, 0.5) is 22.7 Å². The van der Waals surface area contributed by atoms with Gasteiger partial charge in [-0.05, 0) is 114 Å². The lowest BCUT2D eigenvalue weighted by Gasteiger charge is -2.30. The Balaban J connectivity index is 1.01. The fourth-order valence-electron chi connectivity index (χ4n) is 9.55. The van der Waals surface area contributed by atoms with Crippen LogP contribution in [0.3, 0.4) is 0 Å². The molecule has 63 heavy (non-hydrogen) atoms. The second-order valence-electron chi connectivity index (χ2n) is 17.7. The molecule has 10 aromatic rings. The SMILES string of the molecule is Cc1c(C)c(-c2ccccc2)c(N2CN(c3cccc(Oc4ccc5c6sc7ccccc7c6n(-c6cc(C(C)(C)C)ccn6)c5c4)c3)c3ccccc32)c(-c2ccccc2)c1C. The van der Waals surface area contributed by atoms with Crippen molar-refractivity contribution in [1.29, 1.82) is 0 Å². The van der Waals surface area contributed by atoms with Crippen molar-refractivity contribution in [1.82, 2.24) is 9.55 Å². The number of rotatable bonds is 7. The first-order valence-corrected chi connectivity index (χ1v) is 22.5. The summed E-state index contributed by atoms with van der Waals surface area (Å²) in [6.07, 6.45) is 1.94. The monoisotopic (exact) mass is 836 g/mol. The fourth-order valence-corrected chi connectivity index (χ4v) is 10.8. The van der Waals surface area contributed by atoms with E-state index >= 15 is 0 Å². The van der Waals surface area contributed by atoms with Crippen LogP contribution in [0.5, 0.6) is 11.5 Å². The lowest BCUT2D eigenvalue weighted by Crippen LogP contribution is -2.25. The molecule has 7 aromatic carbocycles. The molecule has 5 nitrogen and oxygen atoms in total. The molecule has 1 aliphatic heterocycles. The Labute approximate surface area is 373 Å². The lowest BCUT2D eigenvalue weighted by atomic mass is 9.85. The molecule has 0 fully saturated rings. The van der Waals surface area contributed by atoms with E-state index in [9.17, 15) is 0 Å². The van der Waals surface area contributed by atoms with Crippen molar-refractivity contribution in [3.8, 4) is 39.6 Å². The summed E-state index contributed by atoms with van der Waals surface area (Å²) >= 11 is 1.84. The zero-order valence-corrected chi connectivity index (χ0v) is 37.3. The number of anilines is 4. The first kappa shape index (κ1) is 38.7. The van der Waals surface area contributed by atoms with Gasteiger partial charge in [0.05, 0.1) is 32.8 Å². The summed E-state index contributed by atoms with van der Waals surface area (Å²) in [6, 6.07) is 58.6. The summed E-state index contributed by atoms with van der Waals surface area (Å²) in [5, 5.41) is 2.42. The van der Waals surface area contributed by atoms with Crippen molar-refractivity contribution in [3.63, 3.8) is 0 Å². The Bertz CT molecular complexity index is 3310. The van der Waals surface area contributed by atoms with Gasteiger partial charge in [0.25, 0.3) is 0 Å². The highest BCUT2D eigenvalue weighted by Gasteiger charge is 2.33. The topological polar surface area (TPSA) is 33.5 Å². The highest BCUT2D eigenvalue weighted by molar-refractivity contribution is 7.26. The summed E-state index contributed by atoms with van der Waals surface area (Å²) in [6.45, 7) is 14.2. The molecule has 3 aromatic heterocycles. The van der Waals surface area contributed by atoms with Gasteiger partial charge < -0.3 is 14.5 Å². The number of benzene rings is 7. The van der Waals surface area contributed by atoms with E-state index in [1.807, 2.05) is 17.5 Å². The highest BCUT2D eigenvalue weighted by atomic mass is 32.1. The van der Waals surface area contributed by atoms with E-state index in [1.54, 1.807) is 0 Å². The molecule has 0 atom stereocenters.